The predicted molar refractivity (Wildman–Crippen MR) is 89.4 cm³/mol. The molecule has 0 spiro atoms. The molecule has 0 atom stereocenters. The second kappa shape index (κ2) is 8.03. The fraction of sp³-hybridized carbons (Fsp3) is 0.588. The van der Waals surface area contributed by atoms with Gasteiger partial charge in [-0.25, -0.2) is 0 Å². The first-order valence-corrected chi connectivity index (χ1v) is 7.87. The molecule has 0 amide bonds. The first-order valence-electron chi connectivity index (χ1n) is 7.87. The number of rotatable bonds is 5. The number of benzene rings is 1. The maximum Gasteiger partial charge on any atom is 0.191 e. The minimum atomic E-state index is 0.596. The van der Waals surface area contributed by atoms with Crippen molar-refractivity contribution in [3.05, 3.63) is 35.4 Å². The van der Waals surface area contributed by atoms with Gasteiger partial charge in [-0.3, -0.25) is 4.99 Å². The summed E-state index contributed by atoms with van der Waals surface area (Å²) in [4.78, 5) is 6.49. The Bertz CT molecular complexity index is 444. The normalized spacial score (nSPS) is 16.5. The summed E-state index contributed by atoms with van der Waals surface area (Å²) in [6.45, 7) is 1.80. The molecule has 21 heavy (non-hydrogen) atoms. The number of guanidine groups is 1. The van der Waals surface area contributed by atoms with Crippen LogP contribution in [0.3, 0.4) is 0 Å². The van der Waals surface area contributed by atoms with Crippen LogP contribution in [0, 0.1) is 0 Å². The lowest BCUT2D eigenvalue weighted by Gasteiger charge is -2.17. The van der Waals surface area contributed by atoms with E-state index >= 15 is 0 Å². The molecular weight excluding hydrogens is 260 g/mol. The molecule has 0 unspecified atom stereocenters. The van der Waals surface area contributed by atoms with Gasteiger partial charge in [-0.15, -0.1) is 0 Å². The summed E-state index contributed by atoms with van der Waals surface area (Å²) in [6, 6.07) is 9.37. The van der Waals surface area contributed by atoms with Crippen molar-refractivity contribution in [3.8, 4) is 0 Å². The molecule has 1 aliphatic carbocycles. The van der Waals surface area contributed by atoms with Gasteiger partial charge >= 0.3 is 0 Å². The second-order valence-corrected chi connectivity index (χ2v) is 6.11. The van der Waals surface area contributed by atoms with Crippen LogP contribution in [0.25, 0.3) is 0 Å². The Kier molecular flexibility index (Phi) is 6.05. The van der Waals surface area contributed by atoms with Crippen molar-refractivity contribution in [2.45, 2.75) is 44.8 Å². The first-order chi connectivity index (χ1) is 10.2. The van der Waals surface area contributed by atoms with E-state index in [1.807, 2.05) is 7.05 Å². The lowest BCUT2D eigenvalue weighted by molar-refractivity contribution is 0.402. The summed E-state index contributed by atoms with van der Waals surface area (Å²) < 4.78 is 0. The second-order valence-electron chi connectivity index (χ2n) is 6.11. The average molecular weight is 288 g/mol. The Balaban J connectivity index is 1.80. The summed E-state index contributed by atoms with van der Waals surface area (Å²) in [5.74, 6) is 0.916. The maximum absolute atomic E-state index is 4.31. The summed E-state index contributed by atoms with van der Waals surface area (Å²) in [5.41, 5.74) is 2.63. The molecule has 0 radical (unpaired) electrons. The van der Waals surface area contributed by atoms with Crippen molar-refractivity contribution in [1.82, 2.24) is 15.5 Å². The van der Waals surface area contributed by atoms with Crippen molar-refractivity contribution in [1.29, 1.82) is 0 Å². The Morgan fingerprint density at radius 1 is 1.14 bits per heavy atom. The van der Waals surface area contributed by atoms with Gasteiger partial charge in [0.1, 0.15) is 0 Å². The summed E-state index contributed by atoms with van der Waals surface area (Å²) in [7, 11) is 6.02. The summed E-state index contributed by atoms with van der Waals surface area (Å²) >= 11 is 0. The quantitative estimate of drug-likeness (QED) is 0.645. The Morgan fingerprint density at radius 3 is 2.33 bits per heavy atom. The number of nitrogens with one attached hydrogen (secondary N) is 2. The maximum atomic E-state index is 4.31. The molecule has 0 aromatic heterocycles. The highest BCUT2D eigenvalue weighted by Gasteiger charge is 2.15. The molecule has 4 heteroatoms. The van der Waals surface area contributed by atoms with Gasteiger partial charge in [0.15, 0.2) is 5.96 Å². The molecule has 0 saturated heterocycles. The van der Waals surface area contributed by atoms with Gasteiger partial charge < -0.3 is 15.5 Å². The lowest BCUT2D eigenvalue weighted by Crippen LogP contribution is -2.41. The van der Waals surface area contributed by atoms with E-state index in [1.165, 1.54) is 36.8 Å². The van der Waals surface area contributed by atoms with Crippen LogP contribution >= 0.6 is 0 Å². The monoisotopic (exact) mass is 288 g/mol. The van der Waals surface area contributed by atoms with Gasteiger partial charge in [-0.05, 0) is 38.1 Å². The molecule has 0 bridgehead atoms. The van der Waals surface area contributed by atoms with Crippen molar-refractivity contribution in [3.63, 3.8) is 0 Å². The van der Waals surface area contributed by atoms with E-state index in [1.54, 1.807) is 0 Å². The molecule has 1 aromatic carbocycles. The smallest absolute Gasteiger partial charge is 0.191 e. The molecule has 1 saturated carbocycles. The molecule has 1 aromatic rings. The van der Waals surface area contributed by atoms with Gasteiger partial charge in [0.25, 0.3) is 0 Å². The third kappa shape index (κ3) is 5.38. The molecule has 2 N–H and O–H groups in total. The minimum absolute atomic E-state index is 0.596. The van der Waals surface area contributed by atoms with Gasteiger partial charge in [0.05, 0.1) is 0 Å². The number of hydrogen-bond acceptors (Lipinski definition) is 2. The van der Waals surface area contributed by atoms with E-state index in [-0.39, 0.29) is 0 Å². The van der Waals surface area contributed by atoms with Crippen LogP contribution in [0.1, 0.15) is 36.8 Å². The van der Waals surface area contributed by atoms with Crippen LogP contribution in [-0.2, 0) is 13.1 Å². The van der Waals surface area contributed by atoms with Gasteiger partial charge in [0, 0.05) is 26.2 Å². The fourth-order valence-electron chi connectivity index (χ4n) is 2.77. The van der Waals surface area contributed by atoms with Crippen LogP contribution < -0.4 is 10.6 Å². The van der Waals surface area contributed by atoms with E-state index in [2.05, 4.69) is 58.9 Å². The number of hydrogen-bond donors (Lipinski definition) is 2. The zero-order valence-corrected chi connectivity index (χ0v) is 13.5. The average Bonchev–Trinajstić information content (AvgIpc) is 2.97. The van der Waals surface area contributed by atoms with Crippen molar-refractivity contribution < 1.29 is 0 Å². The largest absolute Gasteiger partial charge is 0.354 e. The van der Waals surface area contributed by atoms with E-state index in [0.29, 0.717) is 6.04 Å². The van der Waals surface area contributed by atoms with Gasteiger partial charge in [0.2, 0.25) is 0 Å². The molecule has 0 aliphatic heterocycles. The van der Waals surface area contributed by atoms with E-state index < -0.39 is 0 Å². The van der Waals surface area contributed by atoms with Gasteiger partial charge in [-0.2, -0.15) is 0 Å². The molecule has 2 rings (SSSR count). The third-order valence-corrected chi connectivity index (χ3v) is 3.90. The molecule has 4 nitrogen and oxygen atoms in total. The Hall–Kier alpha value is -1.55. The molecular formula is C17H28N4. The SMILES string of the molecule is CN=C(NCc1ccc(CN(C)C)cc1)NC1CCCC1. The Labute approximate surface area is 128 Å². The van der Waals surface area contributed by atoms with Crippen LogP contribution in [-0.4, -0.2) is 38.0 Å². The first kappa shape index (κ1) is 15.8. The van der Waals surface area contributed by atoms with E-state index in [4.69, 9.17) is 0 Å². The molecule has 0 heterocycles. The van der Waals surface area contributed by atoms with Gasteiger partial charge in [-0.1, -0.05) is 37.1 Å². The van der Waals surface area contributed by atoms with Crippen LogP contribution in [0.15, 0.2) is 29.3 Å². The fourth-order valence-corrected chi connectivity index (χ4v) is 2.77. The minimum Gasteiger partial charge on any atom is -0.354 e. The zero-order chi connectivity index (χ0) is 15.1. The molecule has 1 aliphatic rings. The van der Waals surface area contributed by atoms with Crippen LogP contribution in [0.5, 0.6) is 0 Å². The molecule has 1 fully saturated rings. The van der Waals surface area contributed by atoms with Crippen LogP contribution in [0.4, 0.5) is 0 Å². The van der Waals surface area contributed by atoms with E-state index in [9.17, 15) is 0 Å². The standard InChI is InChI=1S/C17H28N4/c1-18-17(20-16-6-4-5-7-16)19-12-14-8-10-15(11-9-14)13-21(2)3/h8-11,16H,4-7,12-13H2,1-3H3,(H2,18,19,20). The highest BCUT2D eigenvalue weighted by molar-refractivity contribution is 5.79. The topological polar surface area (TPSA) is 39.7 Å². The van der Waals surface area contributed by atoms with Crippen molar-refractivity contribution >= 4 is 5.96 Å². The van der Waals surface area contributed by atoms with E-state index in [0.717, 1.165) is 19.0 Å². The summed E-state index contributed by atoms with van der Waals surface area (Å²) in [6.07, 6.45) is 5.20. The highest BCUT2D eigenvalue weighted by Crippen LogP contribution is 2.17. The van der Waals surface area contributed by atoms with Crippen molar-refractivity contribution in [2.24, 2.45) is 4.99 Å². The molecule has 116 valence electrons. The highest BCUT2D eigenvalue weighted by atomic mass is 15.2. The third-order valence-electron chi connectivity index (χ3n) is 3.90. The van der Waals surface area contributed by atoms with Crippen LogP contribution in [0.2, 0.25) is 0 Å². The number of aliphatic imine (C=N–C) groups is 1. The van der Waals surface area contributed by atoms with Crippen molar-refractivity contribution in [2.75, 3.05) is 21.1 Å². The lowest BCUT2D eigenvalue weighted by atomic mass is 10.1. The summed E-state index contributed by atoms with van der Waals surface area (Å²) in [5, 5.41) is 6.91. The number of nitrogens with zero attached hydrogens (tertiary/aromatic N) is 2. The zero-order valence-electron chi connectivity index (χ0n) is 13.5. The Morgan fingerprint density at radius 2 is 1.76 bits per heavy atom. The predicted octanol–water partition coefficient (Wildman–Crippen LogP) is 2.36.